The van der Waals surface area contributed by atoms with Crippen molar-refractivity contribution >= 4 is 5.78 Å². The molecule has 0 N–H and O–H groups in total. The molecule has 0 amide bonds. The molecule has 1 rings (SSSR count). The molecule has 0 fully saturated rings. The van der Waals surface area contributed by atoms with Gasteiger partial charge in [-0.15, -0.1) is 0 Å². The lowest BCUT2D eigenvalue weighted by molar-refractivity contribution is -0.123. The molecule has 0 spiro atoms. The molecule has 11 heavy (non-hydrogen) atoms. The van der Waals surface area contributed by atoms with Gasteiger partial charge >= 0.3 is 0 Å². The van der Waals surface area contributed by atoms with Gasteiger partial charge in [-0.25, -0.2) is 0 Å². The van der Waals surface area contributed by atoms with Crippen LogP contribution in [0.5, 0.6) is 0 Å². The molecule has 1 aliphatic carbocycles. The number of allylic oxidation sites excluding steroid dienone is 2. The number of hydrogen-bond acceptors (Lipinski definition) is 1. The Morgan fingerprint density at radius 3 is 2.55 bits per heavy atom. The summed E-state index contributed by atoms with van der Waals surface area (Å²) < 4.78 is 0. The third kappa shape index (κ3) is 1.70. The van der Waals surface area contributed by atoms with Crippen molar-refractivity contribution in [3.63, 3.8) is 0 Å². The van der Waals surface area contributed by atoms with E-state index in [-0.39, 0.29) is 11.3 Å². The highest BCUT2D eigenvalue weighted by Crippen LogP contribution is 2.36. The van der Waals surface area contributed by atoms with Crippen molar-refractivity contribution in [3.8, 4) is 0 Å². The predicted molar refractivity (Wildman–Crippen MR) is 46.3 cm³/mol. The molecule has 0 radical (unpaired) electrons. The van der Waals surface area contributed by atoms with Crippen LogP contribution in [0.25, 0.3) is 0 Å². The zero-order valence-electron chi connectivity index (χ0n) is 7.55. The Kier molecular flexibility index (Phi) is 2.17. The average molecular weight is 152 g/mol. The molecular formula is C10H16O. The molecule has 0 aromatic heterocycles. The van der Waals surface area contributed by atoms with Gasteiger partial charge in [0.1, 0.15) is 5.78 Å². The summed E-state index contributed by atoms with van der Waals surface area (Å²) in [6.07, 6.45) is 6.44. The monoisotopic (exact) mass is 152 g/mol. The zero-order chi connectivity index (χ0) is 8.48. The molecule has 0 aromatic rings. The summed E-state index contributed by atoms with van der Waals surface area (Å²) in [4.78, 5) is 11.2. The van der Waals surface area contributed by atoms with Gasteiger partial charge in [-0.2, -0.15) is 0 Å². The highest BCUT2D eigenvalue weighted by Gasteiger charge is 2.31. The van der Waals surface area contributed by atoms with Crippen molar-refractivity contribution in [2.75, 3.05) is 0 Å². The summed E-state index contributed by atoms with van der Waals surface area (Å²) in [6, 6.07) is 0. The van der Waals surface area contributed by atoms with Crippen molar-refractivity contribution < 1.29 is 4.79 Å². The predicted octanol–water partition coefficient (Wildman–Crippen LogP) is 2.57. The van der Waals surface area contributed by atoms with Gasteiger partial charge in [0.25, 0.3) is 0 Å². The van der Waals surface area contributed by atoms with E-state index in [2.05, 4.69) is 26.0 Å². The maximum Gasteiger partial charge on any atom is 0.133 e. The van der Waals surface area contributed by atoms with Crippen molar-refractivity contribution in [1.29, 1.82) is 0 Å². The van der Waals surface area contributed by atoms with Crippen LogP contribution in [-0.4, -0.2) is 5.78 Å². The second-order valence-electron chi connectivity index (χ2n) is 3.96. The van der Waals surface area contributed by atoms with Gasteiger partial charge in [-0.05, 0) is 25.2 Å². The van der Waals surface area contributed by atoms with Crippen LogP contribution in [0.3, 0.4) is 0 Å². The molecule has 0 bridgehead atoms. The Morgan fingerprint density at radius 2 is 2.18 bits per heavy atom. The van der Waals surface area contributed by atoms with E-state index in [1.54, 1.807) is 6.92 Å². The Labute approximate surface area is 68.5 Å². The van der Waals surface area contributed by atoms with Gasteiger partial charge < -0.3 is 0 Å². The van der Waals surface area contributed by atoms with Crippen LogP contribution in [0, 0.1) is 11.3 Å². The van der Waals surface area contributed by atoms with Crippen LogP contribution in [-0.2, 0) is 4.79 Å². The minimum absolute atomic E-state index is 0.0874. The van der Waals surface area contributed by atoms with Crippen molar-refractivity contribution in [2.24, 2.45) is 11.3 Å². The Balaban J connectivity index is 2.81. The summed E-state index contributed by atoms with van der Waals surface area (Å²) in [5.74, 6) is 0.576. The first-order chi connectivity index (χ1) is 5.04. The van der Waals surface area contributed by atoms with Crippen LogP contribution in [0.4, 0.5) is 0 Å². The lowest BCUT2D eigenvalue weighted by Crippen LogP contribution is -2.29. The molecular weight excluding hydrogens is 136 g/mol. The van der Waals surface area contributed by atoms with Gasteiger partial charge in [0, 0.05) is 5.92 Å². The standard InChI is InChI=1S/C10H16O/c1-8(11)9-6-4-5-7-10(9,2)3/h5,7,9H,4,6H2,1-3H3. The Morgan fingerprint density at radius 1 is 1.55 bits per heavy atom. The van der Waals surface area contributed by atoms with E-state index >= 15 is 0 Å². The summed E-state index contributed by atoms with van der Waals surface area (Å²) in [5.41, 5.74) is 0.0874. The fourth-order valence-electron chi connectivity index (χ4n) is 1.87. The molecule has 1 atom stereocenters. The smallest absolute Gasteiger partial charge is 0.133 e. The van der Waals surface area contributed by atoms with Crippen LogP contribution < -0.4 is 0 Å². The number of carbonyl (C=O) groups excluding carboxylic acids is 1. The van der Waals surface area contributed by atoms with E-state index in [1.807, 2.05) is 0 Å². The van der Waals surface area contributed by atoms with Gasteiger partial charge in [-0.1, -0.05) is 26.0 Å². The normalized spacial score (nSPS) is 28.5. The first-order valence-corrected chi connectivity index (χ1v) is 4.22. The maximum absolute atomic E-state index is 11.2. The molecule has 62 valence electrons. The van der Waals surface area contributed by atoms with Crippen LogP contribution >= 0.6 is 0 Å². The molecule has 0 saturated heterocycles. The lowest BCUT2D eigenvalue weighted by atomic mass is 9.71. The molecule has 0 aromatic carbocycles. The summed E-state index contributed by atoms with van der Waals surface area (Å²) >= 11 is 0. The van der Waals surface area contributed by atoms with E-state index in [4.69, 9.17) is 0 Å². The van der Waals surface area contributed by atoms with Crippen molar-refractivity contribution in [1.82, 2.24) is 0 Å². The molecule has 0 heterocycles. The van der Waals surface area contributed by atoms with Crippen LogP contribution in [0.2, 0.25) is 0 Å². The number of carbonyl (C=O) groups is 1. The number of hydrogen-bond donors (Lipinski definition) is 0. The van der Waals surface area contributed by atoms with Crippen LogP contribution in [0.1, 0.15) is 33.6 Å². The van der Waals surface area contributed by atoms with E-state index in [0.717, 1.165) is 12.8 Å². The fourth-order valence-corrected chi connectivity index (χ4v) is 1.87. The number of ketones is 1. The van der Waals surface area contributed by atoms with Gasteiger partial charge in [0.2, 0.25) is 0 Å². The first kappa shape index (κ1) is 8.51. The Bertz CT molecular complexity index is 189. The number of rotatable bonds is 1. The van der Waals surface area contributed by atoms with Gasteiger partial charge in [0.15, 0.2) is 0 Å². The largest absolute Gasteiger partial charge is 0.300 e. The summed E-state index contributed by atoms with van der Waals surface area (Å²) in [7, 11) is 0. The highest BCUT2D eigenvalue weighted by atomic mass is 16.1. The van der Waals surface area contributed by atoms with E-state index < -0.39 is 0 Å². The first-order valence-electron chi connectivity index (χ1n) is 4.22. The van der Waals surface area contributed by atoms with E-state index in [0.29, 0.717) is 5.78 Å². The molecule has 0 aliphatic heterocycles. The fraction of sp³-hybridized carbons (Fsp3) is 0.700. The molecule has 1 unspecified atom stereocenters. The number of Topliss-reactive ketones (excluding diaryl/α,β-unsaturated/α-hetero) is 1. The minimum atomic E-state index is 0.0874. The topological polar surface area (TPSA) is 17.1 Å². The Hall–Kier alpha value is -0.590. The maximum atomic E-state index is 11.2. The minimum Gasteiger partial charge on any atom is -0.300 e. The molecule has 0 saturated carbocycles. The van der Waals surface area contributed by atoms with E-state index in [9.17, 15) is 4.79 Å². The summed E-state index contributed by atoms with van der Waals surface area (Å²) in [6.45, 7) is 5.97. The zero-order valence-corrected chi connectivity index (χ0v) is 7.55. The molecule has 1 aliphatic rings. The highest BCUT2D eigenvalue weighted by molar-refractivity contribution is 5.79. The third-order valence-corrected chi connectivity index (χ3v) is 2.56. The van der Waals surface area contributed by atoms with E-state index in [1.165, 1.54) is 0 Å². The lowest BCUT2D eigenvalue weighted by Gasteiger charge is -2.32. The van der Waals surface area contributed by atoms with Crippen molar-refractivity contribution in [3.05, 3.63) is 12.2 Å². The second-order valence-corrected chi connectivity index (χ2v) is 3.96. The third-order valence-electron chi connectivity index (χ3n) is 2.56. The average Bonchev–Trinajstić information content (AvgIpc) is 1.85. The van der Waals surface area contributed by atoms with Crippen LogP contribution in [0.15, 0.2) is 12.2 Å². The molecule has 1 heteroatoms. The molecule has 1 nitrogen and oxygen atoms in total. The summed E-state index contributed by atoms with van der Waals surface area (Å²) in [5, 5.41) is 0. The second kappa shape index (κ2) is 2.80. The van der Waals surface area contributed by atoms with Gasteiger partial charge in [-0.3, -0.25) is 4.79 Å². The van der Waals surface area contributed by atoms with Gasteiger partial charge in [0.05, 0.1) is 0 Å². The van der Waals surface area contributed by atoms with Crippen molar-refractivity contribution in [2.45, 2.75) is 33.6 Å². The quantitative estimate of drug-likeness (QED) is 0.528. The SMILES string of the molecule is CC(=O)C1CCC=CC1(C)C.